The van der Waals surface area contributed by atoms with Crippen LogP contribution >= 0.6 is 11.3 Å². The molecule has 2 heterocycles. The van der Waals surface area contributed by atoms with Crippen LogP contribution in [-0.4, -0.2) is 34.9 Å². The zero-order chi connectivity index (χ0) is 14.9. The lowest BCUT2D eigenvalue weighted by Gasteiger charge is -2.36. The summed E-state index contributed by atoms with van der Waals surface area (Å²) >= 11 is 1.66. The molecule has 1 N–H and O–H groups in total. The summed E-state index contributed by atoms with van der Waals surface area (Å²) in [7, 11) is 1.87. The monoisotopic (exact) mass is 303 g/mol. The van der Waals surface area contributed by atoms with Gasteiger partial charge in [-0.2, -0.15) is 0 Å². The van der Waals surface area contributed by atoms with E-state index in [0.29, 0.717) is 6.54 Å². The number of nitrogens with one attached hydrogen (secondary N) is 1. The van der Waals surface area contributed by atoms with E-state index in [-0.39, 0.29) is 5.91 Å². The third-order valence-corrected chi connectivity index (χ3v) is 5.17. The molecule has 1 unspecified atom stereocenters. The Balaban J connectivity index is 1.73. The summed E-state index contributed by atoms with van der Waals surface area (Å²) < 4.78 is 1.18. The van der Waals surface area contributed by atoms with Gasteiger partial charge in [-0.1, -0.05) is 12.1 Å². The Kier molecular flexibility index (Phi) is 3.95. The number of carbonyl (C=O) groups is 1. The van der Waals surface area contributed by atoms with Gasteiger partial charge in [-0.15, -0.1) is 11.3 Å². The van der Waals surface area contributed by atoms with E-state index in [1.807, 2.05) is 32.2 Å². The van der Waals surface area contributed by atoms with E-state index in [1.165, 1.54) is 4.70 Å². The van der Waals surface area contributed by atoms with Crippen molar-refractivity contribution in [3.05, 3.63) is 29.3 Å². The number of thiazole rings is 1. The largest absolute Gasteiger partial charge is 0.337 e. The lowest BCUT2D eigenvalue weighted by Crippen LogP contribution is -2.57. The van der Waals surface area contributed by atoms with Gasteiger partial charge in [-0.25, -0.2) is 4.98 Å². The van der Waals surface area contributed by atoms with E-state index in [9.17, 15) is 4.79 Å². The maximum Gasteiger partial charge on any atom is 0.242 e. The molecule has 0 radical (unpaired) electrons. The minimum atomic E-state index is -0.413. The Bertz CT molecular complexity index is 613. The topological polar surface area (TPSA) is 45.2 Å². The maximum absolute atomic E-state index is 12.7. The Morgan fingerprint density at radius 2 is 2.24 bits per heavy atom. The maximum atomic E-state index is 12.7. The molecular formula is C16H21N3OS. The quantitative estimate of drug-likeness (QED) is 0.948. The normalized spacial score (nSPS) is 22.4. The van der Waals surface area contributed by atoms with Crippen molar-refractivity contribution in [2.45, 2.75) is 38.3 Å². The average Bonchev–Trinajstić information content (AvgIpc) is 2.89. The lowest BCUT2D eigenvalue weighted by molar-refractivity contribution is -0.137. The molecule has 21 heavy (non-hydrogen) atoms. The molecule has 0 aliphatic carbocycles. The van der Waals surface area contributed by atoms with E-state index >= 15 is 0 Å². The van der Waals surface area contributed by atoms with Crippen molar-refractivity contribution in [2.24, 2.45) is 0 Å². The first kappa shape index (κ1) is 14.5. The number of hydrogen-bond donors (Lipinski definition) is 1. The molecule has 1 amide bonds. The first-order valence-corrected chi connectivity index (χ1v) is 8.25. The Labute approximate surface area is 129 Å². The zero-order valence-electron chi connectivity index (χ0n) is 12.6. The SMILES string of the molecule is CN(Cc1nc2ccccc2s1)C(=O)C1(C)CCCCN1. The third-order valence-electron chi connectivity index (χ3n) is 4.15. The third kappa shape index (κ3) is 2.94. The summed E-state index contributed by atoms with van der Waals surface area (Å²) in [6.07, 6.45) is 3.19. The Morgan fingerprint density at radius 3 is 2.95 bits per heavy atom. The summed E-state index contributed by atoms with van der Waals surface area (Å²) in [6, 6.07) is 8.10. The molecule has 5 heteroatoms. The minimum absolute atomic E-state index is 0.168. The van der Waals surface area contributed by atoms with Gasteiger partial charge in [0.2, 0.25) is 5.91 Å². The first-order chi connectivity index (χ1) is 10.1. The van der Waals surface area contributed by atoms with Gasteiger partial charge in [0, 0.05) is 7.05 Å². The molecular weight excluding hydrogens is 282 g/mol. The van der Waals surface area contributed by atoms with Crippen LogP contribution in [0.15, 0.2) is 24.3 Å². The second-order valence-electron chi connectivity index (χ2n) is 5.95. The molecule has 4 nitrogen and oxygen atoms in total. The average molecular weight is 303 g/mol. The number of likely N-dealkylation sites (N-methyl/N-ethyl adjacent to an activating group) is 1. The summed E-state index contributed by atoms with van der Waals surface area (Å²) in [5, 5.41) is 4.37. The fourth-order valence-corrected chi connectivity index (χ4v) is 3.94. The van der Waals surface area contributed by atoms with E-state index in [4.69, 9.17) is 0 Å². The summed E-state index contributed by atoms with van der Waals surface area (Å²) in [5.74, 6) is 0.168. The lowest BCUT2D eigenvalue weighted by atomic mass is 9.89. The van der Waals surface area contributed by atoms with Gasteiger partial charge in [0.1, 0.15) is 5.01 Å². The van der Waals surface area contributed by atoms with Crippen LogP contribution in [-0.2, 0) is 11.3 Å². The molecule has 1 aromatic carbocycles. The molecule has 1 aromatic heterocycles. The number of rotatable bonds is 3. The van der Waals surface area contributed by atoms with E-state index < -0.39 is 5.54 Å². The highest BCUT2D eigenvalue weighted by Crippen LogP contribution is 2.25. The molecule has 2 aromatic rings. The standard InChI is InChI=1S/C16H21N3OS/c1-16(9-5-6-10-17-16)15(20)19(2)11-14-18-12-7-3-4-8-13(12)21-14/h3-4,7-8,17H,5-6,9-11H2,1-2H3. The van der Waals surface area contributed by atoms with Crippen molar-refractivity contribution in [3.63, 3.8) is 0 Å². The van der Waals surface area contributed by atoms with Crippen LogP contribution in [0.3, 0.4) is 0 Å². The molecule has 0 spiro atoms. The van der Waals surface area contributed by atoms with Crippen molar-refractivity contribution >= 4 is 27.5 Å². The van der Waals surface area contributed by atoms with Crippen LogP contribution in [0.5, 0.6) is 0 Å². The molecule has 3 rings (SSSR count). The van der Waals surface area contributed by atoms with Crippen LogP contribution in [0.2, 0.25) is 0 Å². The smallest absolute Gasteiger partial charge is 0.242 e. The summed E-state index contributed by atoms with van der Waals surface area (Å²) in [6.45, 7) is 3.52. The van der Waals surface area contributed by atoms with Crippen molar-refractivity contribution in [1.82, 2.24) is 15.2 Å². The fourth-order valence-electron chi connectivity index (χ4n) is 2.92. The van der Waals surface area contributed by atoms with Gasteiger partial charge in [0.15, 0.2) is 0 Å². The molecule has 0 bridgehead atoms. The number of hydrogen-bond acceptors (Lipinski definition) is 4. The second-order valence-corrected chi connectivity index (χ2v) is 7.07. The highest BCUT2D eigenvalue weighted by atomic mass is 32.1. The van der Waals surface area contributed by atoms with Gasteiger partial charge in [-0.3, -0.25) is 4.79 Å². The van der Waals surface area contributed by atoms with Gasteiger partial charge >= 0.3 is 0 Å². The van der Waals surface area contributed by atoms with Crippen molar-refractivity contribution in [3.8, 4) is 0 Å². The summed E-state index contributed by atoms with van der Waals surface area (Å²) in [5.41, 5.74) is 0.601. The van der Waals surface area contributed by atoms with Crippen LogP contribution in [0.25, 0.3) is 10.2 Å². The number of amides is 1. The number of fused-ring (bicyclic) bond motifs is 1. The van der Waals surface area contributed by atoms with Crippen molar-refractivity contribution in [2.75, 3.05) is 13.6 Å². The van der Waals surface area contributed by atoms with Gasteiger partial charge in [0.05, 0.1) is 22.3 Å². The molecule has 1 saturated heterocycles. The molecule has 1 fully saturated rings. The highest BCUT2D eigenvalue weighted by molar-refractivity contribution is 7.18. The van der Waals surface area contributed by atoms with Gasteiger partial charge in [-0.05, 0) is 44.9 Å². The van der Waals surface area contributed by atoms with E-state index in [0.717, 1.165) is 36.3 Å². The number of benzene rings is 1. The molecule has 1 atom stereocenters. The fraction of sp³-hybridized carbons (Fsp3) is 0.500. The number of carbonyl (C=O) groups excluding carboxylic acids is 1. The minimum Gasteiger partial charge on any atom is -0.337 e. The first-order valence-electron chi connectivity index (χ1n) is 7.43. The Morgan fingerprint density at radius 1 is 1.43 bits per heavy atom. The van der Waals surface area contributed by atoms with Crippen molar-refractivity contribution in [1.29, 1.82) is 0 Å². The van der Waals surface area contributed by atoms with Gasteiger partial charge < -0.3 is 10.2 Å². The van der Waals surface area contributed by atoms with Crippen LogP contribution < -0.4 is 5.32 Å². The highest BCUT2D eigenvalue weighted by Gasteiger charge is 2.36. The number of piperidine rings is 1. The Hall–Kier alpha value is -1.46. The predicted molar refractivity (Wildman–Crippen MR) is 86.4 cm³/mol. The van der Waals surface area contributed by atoms with Crippen LogP contribution in [0.4, 0.5) is 0 Å². The predicted octanol–water partition coefficient (Wildman–Crippen LogP) is 2.79. The van der Waals surface area contributed by atoms with E-state index in [1.54, 1.807) is 16.2 Å². The van der Waals surface area contributed by atoms with Crippen LogP contribution in [0.1, 0.15) is 31.2 Å². The molecule has 1 aliphatic rings. The molecule has 0 saturated carbocycles. The molecule has 112 valence electrons. The van der Waals surface area contributed by atoms with Crippen molar-refractivity contribution < 1.29 is 4.79 Å². The summed E-state index contributed by atoms with van der Waals surface area (Å²) in [4.78, 5) is 19.1. The second kappa shape index (κ2) is 5.73. The molecule has 1 aliphatic heterocycles. The zero-order valence-corrected chi connectivity index (χ0v) is 13.4. The number of para-hydroxylation sites is 1. The number of aromatic nitrogens is 1. The van der Waals surface area contributed by atoms with E-state index in [2.05, 4.69) is 16.4 Å². The van der Waals surface area contributed by atoms with Gasteiger partial charge in [0.25, 0.3) is 0 Å². The number of nitrogens with zero attached hydrogens (tertiary/aromatic N) is 2. The van der Waals surface area contributed by atoms with Crippen LogP contribution in [0, 0.1) is 0 Å².